The number of carbonyl (C=O) groups is 1. The van der Waals surface area contributed by atoms with Crippen molar-refractivity contribution < 1.29 is 14.6 Å². The summed E-state index contributed by atoms with van der Waals surface area (Å²) in [6.07, 6.45) is -0.223. The normalized spacial score (nSPS) is 13.6. The van der Waals surface area contributed by atoms with E-state index in [9.17, 15) is 9.90 Å². The summed E-state index contributed by atoms with van der Waals surface area (Å²) in [7, 11) is 1.57. The number of halogens is 2. The van der Waals surface area contributed by atoms with Crippen molar-refractivity contribution in [2.45, 2.75) is 25.5 Å². The molecule has 2 unspecified atom stereocenters. The van der Waals surface area contributed by atoms with Crippen molar-refractivity contribution in [2.75, 3.05) is 20.3 Å². The highest BCUT2D eigenvalue weighted by Crippen LogP contribution is 2.29. The second-order valence-electron chi connectivity index (χ2n) is 4.57. The standard InChI is InChI=1S/C14H20Cl2N2O3/c1-3-9(8-21-2)18-14(20)17-7-12(19)13-10(15)5-4-6-11(13)16/h4-6,9,12,19H,3,7-8H2,1-2H3,(H2,17,18,20). The van der Waals surface area contributed by atoms with Crippen LogP contribution in [-0.2, 0) is 4.74 Å². The topological polar surface area (TPSA) is 70.6 Å². The number of methoxy groups -OCH3 is 1. The van der Waals surface area contributed by atoms with E-state index < -0.39 is 6.10 Å². The Morgan fingerprint density at radius 3 is 2.52 bits per heavy atom. The summed E-state index contributed by atoms with van der Waals surface area (Å²) in [4.78, 5) is 11.7. The minimum atomic E-state index is -0.973. The van der Waals surface area contributed by atoms with Gasteiger partial charge in [0.15, 0.2) is 0 Å². The molecule has 21 heavy (non-hydrogen) atoms. The van der Waals surface area contributed by atoms with Gasteiger partial charge in [0.2, 0.25) is 0 Å². The second-order valence-corrected chi connectivity index (χ2v) is 5.38. The monoisotopic (exact) mass is 334 g/mol. The van der Waals surface area contributed by atoms with Crippen LogP contribution in [0.25, 0.3) is 0 Å². The molecule has 0 aliphatic rings. The van der Waals surface area contributed by atoms with Gasteiger partial charge in [0.1, 0.15) is 0 Å². The number of hydrogen-bond acceptors (Lipinski definition) is 3. The van der Waals surface area contributed by atoms with E-state index in [4.69, 9.17) is 27.9 Å². The van der Waals surface area contributed by atoms with E-state index in [-0.39, 0.29) is 18.6 Å². The van der Waals surface area contributed by atoms with Gasteiger partial charge in [-0.05, 0) is 18.6 Å². The zero-order valence-corrected chi connectivity index (χ0v) is 13.5. The predicted molar refractivity (Wildman–Crippen MR) is 83.9 cm³/mol. The Labute approximate surface area is 134 Å². The van der Waals surface area contributed by atoms with Gasteiger partial charge in [0.05, 0.1) is 18.8 Å². The van der Waals surface area contributed by atoms with E-state index in [0.29, 0.717) is 22.2 Å². The maximum Gasteiger partial charge on any atom is 0.315 e. The smallest absolute Gasteiger partial charge is 0.315 e. The SMILES string of the molecule is CCC(COC)NC(=O)NCC(O)c1c(Cl)cccc1Cl. The van der Waals surface area contributed by atoms with Gasteiger partial charge in [0, 0.05) is 29.3 Å². The first-order chi connectivity index (χ1) is 9.99. The third kappa shape index (κ3) is 5.71. The number of aliphatic hydroxyl groups excluding tert-OH is 1. The van der Waals surface area contributed by atoms with Crippen LogP contribution < -0.4 is 10.6 Å². The van der Waals surface area contributed by atoms with Crippen LogP contribution in [0.2, 0.25) is 10.0 Å². The van der Waals surface area contributed by atoms with E-state index in [0.717, 1.165) is 6.42 Å². The number of aliphatic hydroxyl groups is 1. The van der Waals surface area contributed by atoms with Crippen molar-refractivity contribution >= 4 is 29.2 Å². The zero-order chi connectivity index (χ0) is 15.8. The summed E-state index contributed by atoms with van der Waals surface area (Å²) in [6.45, 7) is 2.39. The first-order valence-corrected chi connectivity index (χ1v) is 7.40. The number of hydrogen-bond donors (Lipinski definition) is 3. The molecule has 2 atom stereocenters. The van der Waals surface area contributed by atoms with Crippen LogP contribution >= 0.6 is 23.2 Å². The molecule has 1 aromatic rings. The van der Waals surface area contributed by atoms with Crippen molar-refractivity contribution in [1.82, 2.24) is 10.6 Å². The predicted octanol–water partition coefficient (Wildman–Crippen LogP) is 2.75. The highest BCUT2D eigenvalue weighted by Gasteiger charge is 2.17. The molecule has 0 aliphatic carbocycles. The van der Waals surface area contributed by atoms with E-state index in [1.165, 1.54) is 0 Å². The number of amides is 2. The van der Waals surface area contributed by atoms with Gasteiger partial charge >= 0.3 is 6.03 Å². The molecule has 0 radical (unpaired) electrons. The lowest BCUT2D eigenvalue weighted by atomic mass is 10.1. The number of nitrogens with one attached hydrogen (secondary N) is 2. The molecule has 3 N–H and O–H groups in total. The Morgan fingerprint density at radius 1 is 1.38 bits per heavy atom. The molecule has 0 aromatic heterocycles. The van der Waals surface area contributed by atoms with Crippen LogP contribution in [0.3, 0.4) is 0 Å². The number of urea groups is 1. The summed E-state index contributed by atoms with van der Waals surface area (Å²) in [5.74, 6) is 0. The highest BCUT2D eigenvalue weighted by molar-refractivity contribution is 6.36. The fourth-order valence-corrected chi connectivity index (χ4v) is 2.47. The van der Waals surface area contributed by atoms with Gasteiger partial charge in [-0.3, -0.25) is 0 Å². The molecule has 1 aromatic carbocycles. The largest absolute Gasteiger partial charge is 0.386 e. The van der Waals surface area contributed by atoms with Gasteiger partial charge in [-0.25, -0.2) is 4.79 Å². The molecule has 0 saturated heterocycles. The van der Waals surface area contributed by atoms with Gasteiger partial charge in [0.25, 0.3) is 0 Å². The molecular weight excluding hydrogens is 315 g/mol. The van der Waals surface area contributed by atoms with Crippen molar-refractivity contribution in [3.05, 3.63) is 33.8 Å². The molecule has 0 spiro atoms. The van der Waals surface area contributed by atoms with Crippen LogP contribution in [-0.4, -0.2) is 37.4 Å². The first-order valence-electron chi connectivity index (χ1n) is 6.64. The lowest BCUT2D eigenvalue weighted by molar-refractivity contribution is 0.157. The maximum atomic E-state index is 11.7. The van der Waals surface area contributed by atoms with Gasteiger partial charge < -0.3 is 20.5 Å². The molecular formula is C14H20Cl2N2O3. The lowest BCUT2D eigenvalue weighted by Crippen LogP contribution is -2.44. The van der Waals surface area contributed by atoms with Crippen molar-refractivity contribution in [1.29, 1.82) is 0 Å². The fourth-order valence-electron chi connectivity index (χ4n) is 1.82. The molecule has 7 heteroatoms. The van der Waals surface area contributed by atoms with Crippen molar-refractivity contribution in [3.8, 4) is 0 Å². The summed E-state index contributed by atoms with van der Waals surface area (Å²) in [6, 6.07) is 4.52. The van der Waals surface area contributed by atoms with Crippen LogP contribution in [0.15, 0.2) is 18.2 Å². The fraction of sp³-hybridized carbons (Fsp3) is 0.500. The number of benzene rings is 1. The average Bonchev–Trinajstić information content (AvgIpc) is 2.44. The Kier molecular flexibility index (Phi) is 7.82. The van der Waals surface area contributed by atoms with Gasteiger partial charge in [-0.1, -0.05) is 36.2 Å². The van der Waals surface area contributed by atoms with Crippen LogP contribution in [0.5, 0.6) is 0 Å². The van der Waals surface area contributed by atoms with E-state index in [2.05, 4.69) is 10.6 Å². The minimum Gasteiger partial charge on any atom is -0.386 e. The third-order valence-electron chi connectivity index (χ3n) is 2.98. The van der Waals surface area contributed by atoms with E-state index in [1.54, 1.807) is 25.3 Å². The minimum absolute atomic E-state index is 0.0126. The van der Waals surface area contributed by atoms with Crippen LogP contribution in [0, 0.1) is 0 Å². The molecule has 0 bridgehead atoms. The first kappa shape index (κ1) is 18.0. The summed E-state index contributed by atoms with van der Waals surface area (Å²) < 4.78 is 5.00. The Bertz CT molecular complexity index is 451. The summed E-state index contributed by atoms with van der Waals surface area (Å²) in [5.41, 5.74) is 0.407. The Hall–Kier alpha value is -1.01. The van der Waals surface area contributed by atoms with E-state index >= 15 is 0 Å². The molecule has 2 amide bonds. The molecule has 0 saturated carbocycles. The molecule has 0 heterocycles. The second kappa shape index (κ2) is 9.10. The zero-order valence-electron chi connectivity index (χ0n) is 12.0. The van der Waals surface area contributed by atoms with Gasteiger partial charge in [-0.2, -0.15) is 0 Å². The van der Waals surface area contributed by atoms with Gasteiger partial charge in [-0.15, -0.1) is 0 Å². The molecule has 1 rings (SSSR count). The molecule has 118 valence electrons. The molecule has 5 nitrogen and oxygen atoms in total. The quantitative estimate of drug-likeness (QED) is 0.718. The molecule has 0 aliphatic heterocycles. The van der Waals surface area contributed by atoms with Crippen LogP contribution in [0.4, 0.5) is 4.79 Å². The van der Waals surface area contributed by atoms with E-state index in [1.807, 2.05) is 6.92 Å². The lowest BCUT2D eigenvalue weighted by Gasteiger charge is -2.18. The average molecular weight is 335 g/mol. The number of rotatable bonds is 7. The van der Waals surface area contributed by atoms with Crippen molar-refractivity contribution in [2.24, 2.45) is 0 Å². The van der Waals surface area contributed by atoms with Crippen LogP contribution in [0.1, 0.15) is 25.0 Å². The number of ether oxygens (including phenoxy) is 1. The number of carbonyl (C=O) groups excluding carboxylic acids is 1. The van der Waals surface area contributed by atoms with Crippen molar-refractivity contribution in [3.63, 3.8) is 0 Å². The summed E-state index contributed by atoms with van der Waals surface area (Å²) in [5, 5.41) is 16.2. The highest BCUT2D eigenvalue weighted by atomic mass is 35.5. The maximum absolute atomic E-state index is 11.7. The Balaban J connectivity index is 2.53. The third-order valence-corrected chi connectivity index (χ3v) is 3.64. The Morgan fingerprint density at radius 2 is 2.00 bits per heavy atom. The molecule has 0 fully saturated rings. The summed E-state index contributed by atoms with van der Waals surface area (Å²) >= 11 is 12.0.